The van der Waals surface area contributed by atoms with E-state index in [4.69, 9.17) is 11.6 Å². The summed E-state index contributed by atoms with van der Waals surface area (Å²) < 4.78 is 31.8. The van der Waals surface area contributed by atoms with E-state index in [1.165, 1.54) is 19.1 Å². The molecule has 0 spiro atoms. The molecule has 3 nitrogen and oxygen atoms in total. The molecule has 0 unspecified atom stereocenters. The van der Waals surface area contributed by atoms with Crippen molar-refractivity contribution in [3.63, 3.8) is 0 Å². The molecule has 0 aliphatic rings. The van der Waals surface area contributed by atoms with E-state index in [-0.39, 0.29) is 11.6 Å². The van der Waals surface area contributed by atoms with Crippen LogP contribution in [0.2, 0.25) is 5.02 Å². The second-order valence-corrected chi connectivity index (χ2v) is 3.92. The summed E-state index contributed by atoms with van der Waals surface area (Å²) in [6.45, 7) is 1.57. The molecule has 0 aliphatic heterocycles. The Bertz CT molecular complexity index is 443. The summed E-state index contributed by atoms with van der Waals surface area (Å²) in [6, 6.07) is 4.60. The number of benzene rings is 1. The first-order valence-electron chi connectivity index (χ1n) is 5.20. The van der Waals surface area contributed by atoms with E-state index in [1.54, 1.807) is 0 Å². The van der Waals surface area contributed by atoms with Crippen molar-refractivity contribution in [1.82, 2.24) is 0 Å². The molecule has 0 heterocycles. The Morgan fingerprint density at radius 1 is 1.28 bits per heavy atom. The van der Waals surface area contributed by atoms with Crippen molar-refractivity contribution < 1.29 is 23.1 Å². The van der Waals surface area contributed by atoms with Crippen LogP contribution in [-0.4, -0.2) is 18.4 Å². The van der Waals surface area contributed by atoms with Gasteiger partial charge in [0.2, 0.25) is 5.78 Å². The van der Waals surface area contributed by atoms with Crippen LogP contribution in [0, 0.1) is 0 Å². The summed E-state index contributed by atoms with van der Waals surface area (Å²) in [5.74, 6) is -6.18. The highest BCUT2D eigenvalue weighted by Gasteiger charge is 2.41. The SMILES string of the molecule is CCOC(=O)CC(=O)C(F)(F)c1ccc(Cl)cc1. The highest BCUT2D eigenvalue weighted by molar-refractivity contribution is 6.30. The van der Waals surface area contributed by atoms with Crippen molar-refractivity contribution in [3.05, 3.63) is 34.9 Å². The molecular formula is C12H11ClF2O3. The summed E-state index contributed by atoms with van der Waals surface area (Å²) in [5, 5.41) is 0.285. The van der Waals surface area contributed by atoms with Gasteiger partial charge in [-0.25, -0.2) is 0 Å². The minimum absolute atomic E-state index is 0.0403. The van der Waals surface area contributed by atoms with Crippen LogP contribution >= 0.6 is 11.6 Å². The molecule has 0 fully saturated rings. The fourth-order valence-electron chi connectivity index (χ4n) is 1.27. The van der Waals surface area contributed by atoms with Gasteiger partial charge in [-0.15, -0.1) is 0 Å². The van der Waals surface area contributed by atoms with E-state index in [0.717, 1.165) is 12.1 Å². The van der Waals surface area contributed by atoms with Crippen molar-refractivity contribution in [2.75, 3.05) is 6.61 Å². The second-order valence-electron chi connectivity index (χ2n) is 3.49. The van der Waals surface area contributed by atoms with Crippen LogP contribution in [0.1, 0.15) is 18.9 Å². The number of ketones is 1. The quantitative estimate of drug-likeness (QED) is 0.613. The average molecular weight is 277 g/mol. The predicted molar refractivity (Wildman–Crippen MR) is 61.6 cm³/mol. The van der Waals surface area contributed by atoms with E-state index >= 15 is 0 Å². The number of hydrogen-bond acceptors (Lipinski definition) is 3. The first-order valence-corrected chi connectivity index (χ1v) is 5.58. The molecule has 1 aromatic carbocycles. The zero-order valence-electron chi connectivity index (χ0n) is 9.58. The highest BCUT2D eigenvalue weighted by Crippen LogP contribution is 2.31. The Morgan fingerprint density at radius 3 is 2.33 bits per heavy atom. The van der Waals surface area contributed by atoms with Gasteiger partial charge in [0, 0.05) is 10.6 Å². The van der Waals surface area contributed by atoms with Gasteiger partial charge >= 0.3 is 11.9 Å². The Hall–Kier alpha value is -1.49. The molecular weight excluding hydrogens is 266 g/mol. The monoisotopic (exact) mass is 276 g/mol. The molecule has 0 saturated carbocycles. The minimum Gasteiger partial charge on any atom is -0.466 e. The van der Waals surface area contributed by atoms with E-state index in [0.29, 0.717) is 0 Å². The number of ether oxygens (including phenoxy) is 1. The maximum Gasteiger partial charge on any atom is 0.331 e. The van der Waals surface area contributed by atoms with Gasteiger partial charge in [-0.2, -0.15) is 8.78 Å². The number of carbonyl (C=O) groups is 2. The van der Waals surface area contributed by atoms with Gasteiger partial charge in [0.05, 0.1) is 6.61 Å². The zero-order chi connectivity index (χ0) is 13.8. The van der Waals surface area contributed by atoms with Gasteiger partial charge in [0.1, 0.15) is 6.42 Å². The Labute approximate surface area is 108 Å². The first kappa shape index (κ1) is 14.6. The highest BCUT2D eigenvalue weighted by atomic mass is 35.5. The minimum atomic E-state index is -3.72. The van der Waals surface area contributed by atoms with Gasteiger partial charge in [-0.05, 0) is 19.1 Å². The average Bonchev–Trinajstić information content (AvgIpc) is 2.29. The molecule has 0 aliphatic carbocycles. The predicted octanol–water partition coefficient (Wildman–Crippen LogP) is 2.95. The van der Waals surface area contributed by atoms with E-state index in [2.05, 4.69) is 4.74 Å². The van der Waals surface area contributed by atoms with Gasteiger partial charge in [-0.1, -0.05) is 23.7 Å². The number of esters is 1. The molecule has 98 valence electrons. The van der Waals surface area contributed by atoms with Crippen molar-refractivity contribution >= 4 is 23.4 Å². The molecule has 0 radical (unpaired) electrons. The van der Waals surface area contributed by atoms with Crippen molar-refractivity contribution in [2.24, 2.45) is 0 Å². The van der Waals surface area contributed by atoms with Crippen LogP contribution in [0.4, 0.5) is 8.78 Å². The summed E-state index contributed by atoms with van der Waals surface area (Å²) in [7, 11) is 0. The standard InChI is InChI=1S/C12H11ClF2O3/c1-2-18-11(17)7-10(16)12(14,15)8-3-5-9(13)6-4-8/h3-6H,2,7H2,1H3. The van der Waals surface area contributed by atoms with Crippen molar-refractivity contribution in [3.8, 4) is 0 Å². The third-order valence-corrected chi connectivity index (χ3v) is 2.42. The van der Waals surface area contributed by atoms with Gasteiger partial charge < -0.3 is 4.74 Å². The summed E-state index contributed by atoms with van der Waals surface area (Å²) in [4.78, 5) is 22.3. The van der Waals surface area contributed by atoms with Crippen LogP contribution < -0.4 is 0 Å². The number of Topliss-reactive ketones (excluding diaryl/α,β-unsaturated/α-hetero) is 1. The van der Waals surface area contributed by atoms with Crippen molar-refractivity contribution in [1.29, 1.82) is 0 Å². The Balaban J connectivity index is 2.82. The lowest BCUT2D eigenvalue weighted by molar-refractivity contribution is -0.154. The van der Waals surface area contributed by atoms with E-state index in [1.807, 2.05) is 0 Å². The molecule has 6 heteroatoms. The molecule has 1 aromatic rings. The molecule has 0 aromatic heterocycles. The van der Waals surface area contributed by atoms with Crippen LogP contribution in [-0.2, 0) is 20.2 Å². The van der Waals surface area contributed by atoms with E-state index in [9.17, 15) is 18.4 Å². The summed E-state index contributed by atoms with van der Waals surface area (Å²) in [6.07, 6.45) is -0.955. The number of rotatable bonds is 5. The lowest BCUT2D eigenvalue weighted by Gasteiger charge is -2.14. The number of alkyl halides is 2. The van der Waals surface area contributed by atoms with Gasteiger partial charge in [0.25, 0.3) is 0 Å². The smallest absolute Gasteiger partial charge is 0.331 e. The zero-order valence-corrected chi connectivity index (χ0v) is 10.3. The van der Waals surface area contributed by atoms with Crippen LogP contribution in [0.5, 0.6) is 0 Å². The first-order chi connectivity index (χ1) is 8.37. The number of hydrogen-bond donors (Lipinski definition) is 0. The fraction of sp³-hybridized carbons (Fsp3) is 0.333. The van der Waals surface area contributed by atoms with Crippen LogP contribution in [0.15, 0.2) is 24.3 Å². The molecule has 18 heavy (non-hydrogen) atoms. The third-order valence-electron chi connectivity index (χ3n) is 2.17. The van der Waals surface area contributed by atoms with E-state index < -0.39 is 29.7 Å². The molecule has 0 saturated heterocycles. The molecule has 0 bridgehead atoms. The number of carbonyl (C=O) groups excluding carboxylic acids is 2. The Morgan fingerprint density at radius 2 is 1.83 bits per heavy atom. The molecule has 0 atom stereocenters. The molecule has 0 N–H and O–H groups in total. The third kappa shape index (κ3) is 3.50. The largest absolute Gasteiger partial charge is 0.466 e. The molecule has 0 amide bonds. The lowest BCUT2D eigenvalue weighted by atomic mass is 10.0. The summed E-state index contributed by atoms with van der Waals surface area (Å²) >= 11 is 5.56. The maximum atomic E-state index is 13.7. The topological polar surface area (TPSA) is 43.4 Å². The van der Waals surface area contributed by atoms with Crippen LogP contribution in [0.25, 0.3) is 0 Å². The van der Waals surface area contributed by atoms with Gasteiger partial charge in [-0.3, -0.25) is 9.59 Å². The second kappa shape index (κ2) is 5.91. The Kier molecular flexibility index (Phi) is 4.78. The van der Waals surface area contributed by atoms with Crippen LogP contribution in [0.3, 0.4) is 0 Å². The molecule has 1 rings (SSSR count). The van der Waals surface area contributed by atoms with Gasteiger partial charge in [0.15, 0.2) is 0 Å². The fourth-order valence-corrected chi connectivity index (χ4v) is 1.40. The lowest BCUT2D eigenvalue weighted by Crippen LogP contribution is -2.28. The maximum absolute atomic E-state index is 13.7. The van der Waals surface area contributed by atoms with Crippen molar-refractivity contribution in [2.45, 2.75) is 19.3 Å². The summed E-state index contributed by atoms with van der Waals surface area (Å²) in [5.41, 5.74) is -0.499. The number of halogens is 3. The normalized spacial score (nSPS) is 11.1.